The van der Waals surface area contributed by atoms with Gasteiger partial charge >= 0.3 is 0 Å². The molecule has 0 aromatic carbocycles. The quantitative estimate of drug-likeness (QED) is 0.762. The van der Waals surface area contributed by atoms with E-state index in [0.717, 1.165) is 5.82 Å². The predicted molar refractivity (Wildman–Crippen MR) is 62.1 cm³/mol. The fourth-order valence-corrected chi connectivity index (χ4v) is 1.59. The molecule has 0 fully saturated rings. The number of aryl methyl sites for hydroxylation is 3. The van der Waals surface area contributed by atoms with Gasteiger partial charge in [0.15, 0.2) is 5.69 Å². The van der Waals surface area contributed by atoms with Crippen LogP contribution in [0.2, 0.25) is 0 Å². The summed E-state index contributed by atoms with van der Waals surface area (Å²) in [6.45, 7) is 3.24. The molecule has 0 aliphatic rings. The first-order valence-corrected chi connectivity index (χ1v) is 5.18. The van der Waals surface area contributed by atoms with E-state index in [1.54, 1.807) is 17.1 Å². The summed E-state index contributed by atoms with van der Waals surface area (Å²) in [5, 5.41) is 4.02. The number of nitrogens with two attached hydrogens (primary N) is 2. The van der Waals surface area contributed by atoms with Gasteiger partial charge in [0.1, 0.15) is 5.82 Å². The Labute approximate surface area is 98.0 Å². The molecular weight excluding hydrogens is 220 g/mol. The number of carbonyl (C=O) groups excluding carboxylic acids is 1. The van der Waals surface area contributed by atoms with Crippen LogP contribution in [0.3, 0.4) is 0 Å². The minimum absolute atomic E-state index is 0.118. The number of carbonyl (C=O) groups is 1. The van der Waals surface area contributed by atoms with E-state index in [-0.39, 0.29) is 5.69 Å². The van der Waals surface area contributed by atoms with Crippen LogP contribution in [-0.2, 0) is 13.1 Å². The second kappa shape index (κ2) is 4.28. The van der Waals surface area contributed by atoms with Crippen LogP contribution in [0.25, 0.3) is 0 Å². The van der Waals surface area contributed by atoms with Gasteiger partial charge in [-0.3, -0.25) is 9.48 Å². The molecule has 0 aliphatic heterocycles. The van der Waals surface area contributed by atoms with Crippen molar-refractivity contribution in [1.29, 1.82) is 0 Å². The Morgan fingerprint density at radius 3 is 2.76 bits per heavy atom. The highest BCUT2D eigenvalue weighted by atomic mass is 16.1. The van der Waals surface area contributed by atoms with Crippen molar-refractivity contribution >= 4 is 11.6 Å². The fourth-order valence-electron chi connectivity index (χ4n) is 1.59. The number of aromatic nitrogens is 4. The Morgan fingerprint density at radius 1 is 1.47 bits per heavy atom. The summed E-state index contributed by atoms with van der Waals surface area (Å²) in [5.74, 6) is 0.320. The average Bonchev–Trinajstić information content (AvgIpc) is 2.82. The smallest absolute Gasteiger partial charge is 0.271 e. The van der Waals surface area contributed by atoms with Crippen molar-refractivity contribution in [2.24, 2.45) is 5.73 Å². The number of primary amides is 1. The van der Waals surface area contributed by atoms with Crippen molar-refractivity contribution < 1.29 is 4.79 Å². The molecule has 2 aromatic heterocycles. The van der Waals surface area contributed by atoms with E-state index in [4.69, 9.17) is 11.5 Å². The minimum Gasteiger partial charge on any atom is -0.396 e. The van der Waals surface area contributed by atoms with Gasteiger partial charge in [-0.05, 0) is 6.92 Å². The summed E-state index contributed by atoms with van der Waals surface area (Å²) < 4.78 is 3.59. The summed E-state index contributed by atoms with van der Waals surface area (Å²) in [6.07, 6.45) is 5.23. The van der Waals surface area contributed by atoms with Crippen LogP contribution >= 0.6 is 0 Å². The number of hydrogen-bond donors (Lipinski definition) is 2. The molecule has 1 amide bonds. The van der Waals surface area contributed by atoms with E-state index in [9.17, 15) is 4.79 Å². The van der Waals surface area contributed by atoms with Crippen LogP contribution in [0.4, 0.5) is 5.69 Å². The van der Waals surface area contributed by atoms with Gasteiger partial charge in [0.05, 0.1) is 12.2 Å². The third kappa shape index (κ3) is 2.27. The van der Waals surface area contributed by atoms with Crippen molar-refractivity contribution in [3.05, 3.63) is 30.1 Å². The predicted octanol–water partition coefficient (Wildman–Crippen LogP) is -0.231. The van der Waals surface area contributed by atoms with Gasteiger partial charge in [0, 0.05) is 25.1 Å². The molecule has 7 heteroatoms. The number of amides is 1. The lowest BCUT2D eigenvalue weighted by Gasteiger charge is -2.04. The van der Waals surface area contributed by atoms with Crippen LogP contribution in [0.5, 0.6) is 0 Å². The van der Waals surface area contributed by atoms with Crippen molar-refractivity contribution in [1.82, 2.24) is 19.3 Å². The molecule has 0 unspecified atom stereocenters. The largest absolute Gasteiger partial charge is 0.396 e. The lowest BCUT2D eigenvalue weighted by atomic mass is 10.4. The van der Waals surface area contributed by atoms with Gasteiger partial charge in [-0.1, -0.05) is 0 Å². The molecule has 2 aromatic rings. The van der Waals surface area contributed by atoms with Gasteiger partial charge in [-0.15, -0.1) is 0 Å². The fraction of sp³-hybridized carbons (Fsp3) is 0.300. The summed E-state index contributed by atoms with van der Waals surface area (Å²) in [5.41, 5.74) is 11.2. The first kappa shape index (κ1) is 11.2. The van der Waals surface area contributed by atoms with E-state index in [1.807, 2.05) is 17.7 Å². The van der Waals surface area contributed by atoms with Crippen molar-refractivity contribution in [2.45, 2.75) is 20.0 Å². The zero-order chi connectivity index (χ0) is 12.4. The highest BCUT2D eigenvalue weighted by molar-refractivity contribution is 5.95. The van der Waals surface area contributed by atoms with E-state index in [1.165, 1.54) is 0 Å². The summed E-state index contributed by atoms with van der Waals surface area (Å²) in [6, 6.07) is 0. The SMILES string of the molecule is Cc1nccn1CCn1cc(N)c(C(N)=O)n1. The van der Waals surface area contributed by atoms with Gasteiger partial charge in [0.2, 0.25) is 0 Å². The molecule has 90 valence electrons. The summed E-state index contributed by atoms with van der Waals surface area (Å²) in [4.78, 5) is 15.1. The standard InChI is InChI=1S/C10H14N6O/c1-7-13-2-3-15(7)4-5-16-6-8(11)9(14-16)10(12)17/h2-3,6H,4-5,11H2,1H3,(H2,12,17). The Bertz CT molecular complexity index is 541. The second-order valence-corrected chi connectivity index (χ2v) is 3.73. The first-order chi connectivity index (χ1) is 8.08. The summed E-state index contributed by atoms with van der Waals surface area (Å²) in [7, 11) is 0. The number of nitrogen functional groups attached to an aromatic ring is 1. The van der Waals surface area contributed by atoms with Gasteiger partial charge in [-0.2, -0.15) is 5.10 Å². The van der Waals surface area contributed by atoms with Crippen molar-refractivity contribution in [3.63, 3.8) is 0 Å². The van der Waals surface area contributed by atoms with Crippen molar-refractivity contribution in [2.75, 3.05) is 5.73 Å². The highest BCUT2D eigenvalue weighted by Crippen LogP contribution is 2.08. The number of imidazole rings is 1. The van der Waals surface area contributed by atoms with Crippen molar-refractivity contribution in [3.8, 4) is 0 Å². The number of hydrogen-bond acceptors (Lipinski definition) is 4. The van der Waals surface area contributed by atoms with Crippen LogP contribution in [-0.4, -0.2) is 25.2 Å². The third-order valence-electron chi connectivity index (χ3n) is 2.52. The van der Waals surface area contributed by atoms with Gasteiger partial charge < -0.3 is 16.0 Å². The molecule has 0 atom stereocenters. The topological polar surface area (TPSA) is 105 Å². The Hall–Kier alpha value is -2.31. The Balaban J connectivity index is 2.07. The Morgan fingerprint density at radius 2 is 2.24 bits per heavy atom. The van der Waals surface area contributed by atoms with E-state index >= 15 is 0 Å². The molecule has 0 saturated heterocycles. The van der Waals surface area contributed by atoms with Gasteiger partial charge in [0.25, 0.3) is 5.91 Å². The minimum atomic E-state index is -0.611. The molecule has 2 heterocycles. The zero-order valence-electron chi connectivity index (χ0n) is 9.50. The second-order valence-electron chi connectivity index (χ2n) is 3.73. The monoisotopic (exact) mass is 234 g/mol. The average molecular weight is 234 g/mol. The van der Waals surface area contributed by atoms with E-state index < -0.39 is 5.91 Å². The van der Waals surface area contributed by atoms with Crippen LogP contribution in [0.15, 0.2) is 18.6 Å². The maximum atomic E-state index is 11.0. The molecule has 17 heavy (non-hydrogen) atoms. The normalized spacial score (nSPS) is 10.6. The zero-order valence-corrected chi connectivity index (χ0v) is 9.50. The number of rotatable bonds is 4. The van der Waals surface area contributed by atoms with Crippen LogP contribution in [0, 0.1) is 6.92 Å². The van der Waals surface area contributed by atoms with E-state index in [0.29, 0.717) is 18.8 Å². The molecule has 7 nitrogen and oxygen atoms in total. The molecule has 2 rings (SSSR count). The molecule has 0 spiro atoms. The molecule has 0 saturated carbocycles. The van der Waals surface area contributed by atoms with Crippen LogP contribution < -0.4 is 11.5 Å². The van der Waals surface area contributed by atoms with Gasteiger partial charge in [-0.25, -0.2) is 4.98 Å². The van der Waals surface area contributed by atoms with Crippen LogP contribution in [0.1, 0.15) is 16.3 Å². The first-order valence-electron chi connectivity index (χ1n) is 5.18. The maximum Gasteiger partial charge on any atom is 0.271 e. The molecular formula is C10H14N6O. The molecule has 4 N–H and O–H groups in total. The lowest BCUT2D eigenvalue weighted by molar-refractivity contribution is 0.0995. The highest BCUT2D eigenvalue weighted by Gasteiger charge is 2.11. The lowest BCUT2D eigenvalue weighted by Crippen LogP contribution is -2.15. The maximum absolute atomic E-state index is 11.0. The number of nitrogens with zero attached hydrogens (tertiary/aromatic N) is 4. The molecule has 0 radical (unpaired) electrons. The molecule has 0 aliphatic carbocycles. The molecule has 0 bridgehead atoms. The Kier molecular flexibility index (Phi) is 2.82. The summed E-state index contributed by atoms with van der Waals surface area (Å²) >= 11 is 0. The third-order valence-corrected chi connectivity index (χ3v) is 2.52. The van der Waals surface area contributed by atoms with E-state index in [2.05, 4.69) is 10.1 Å². The number of anilines is 1.